The number of hydrogen-bond donors (Lipinski definition) is 1. The normalized spacial score (nSPS) is 13.3. The molecule has 0 bridgehead atoms. The lowest BCUT2D eigenvalue weighted by atomic mass is 9.83. The Morgan fingerprint density at radius 2 is 1.37 bits per heavy atom. The highest BCUT2D eigenvalue weighted by atomic mass is 14.7. The van der Waals surface area contributed by atoms with E-state index in [1.807, 2.05) is 0 Å². The van der Waals surface area contributed by atoms with E-state index in [4.69, 9.17) is 5.73 Å². The first kappa shape index (κ1) is 13.8. The van der Waals surface area contributed by atoms with Gasteiger partial charge < -0.3 is 5.73 Å². The van der Waals surface area contributed by atoms with Crippen molar-refractivity contribution in [2.75, 3.05) is 0 Å². The van der Waals surface area contributed by atoms with E-state index < -0.39 is 0 Å². The van der Waals surface area contributed by atoms with Gasteiger partial charge in [-0.05, 0) is 28.5 Å². The Hall–Kier alpha value is -1.60. The molecule has 0 spiro atoms. The maximum Gasteiger partial charge on any atom is 0.0344 e. The van der Waals surface area contributed by atoms with Gasteiger partial charge in [-0.25, -0.2) is 0 Å². The summed E-state index contributed by atoms with van der Waals surface area (Å²) in [7, 11) is 0. The van der Waals surface area contributed by atoms with E-state index in [9.17, 15) is 0 Å². The molecule has 0 saturated carbocycles. The molecule has 1 nitrogen and oxygen atoms in total. The van der Waals surface area contributed by atoms with Gasteiger partial charge in [-0.15, -0.1) is 0 Å². The number of rotatable bonds is 3. The van der Waals surface area contributed by atoms with Crippen molar-refractivity contribution >= 4 is 0 Å². The largest absolute Gasteiger partial charge is 0.324 e. The molecule has 1 heteroatoms. The number of benzene rings is 2. The fourth-order valence-electron chi connectivity index (χ4n) is 2.17. The molecule has 0 amide bonds. The maximum atomic E-state index is 6.27. The Bertz CT molecular complexity index is 506. The maximum absolute atomic E-state index is 6.27. The highest BCUT2D eigenvalue weighted by molar-refractivity contribution is 5.30. The lowest BCUT2D eigenvalue weighted by Gasteiger charge is -2.27. The summed E-state index contributed by atoms with van der Waals surface area (Å²) >= 11 is 0. The molecule has 2 rings (SSSR count). The summed E-state index contributed by atoms with van der Waals surface area (Å²) < 4.78 is 0. The third kappa shape index (κ3) is 3.68. The summed E-state index contributed by atoms with van der Waals surface area (Å²) in [5, 5.41) is 0. The lowest BCUT2D eigenvalue weighted by molar-refractivity contribution is 0.327. The summed E-state index contributed by atoms with van der Waals surface area (Å²) in [4.78, 5) is 0. The Labute approximate surface area is 116 Å². The average Bonchev–Trinajstić information content (AvgIpc) is 2.39. The fourth-order valence-corrected chi connectivity index (χ4v) is 2.17. The molecule has 1 unspecified atom stereocenters. The molecule has 0 saturated heterocycles. The fraction of sp³-hybridized carbons (Fsp3) is 0.333. The van der Waals surface area contributed by atoms with E-state index in [1.165, 1.54) is 16.7 Å². The molecule has 0 heterocycles. The van der Waals surface area contributed by atoms with Crippen molar-refractivity contribution in [2.24, 2.45) is 11.1 Å². The smallest absolute Gasteiger partial charge is 0.0344 e. The molecule has 0 aliphatic heterocycles. The molecule has 0 fully saturated rings. The van der Waals surface area contributed by atoms with Gasteiger partial charge in [0, 0.05) is 6.04 Å². The Kier molecular flexibility index (Phi) is 4.06. The topological polar surface area (TPSA) is 26.0 Å². The van der Waals surface area contributed by atoms with Crippen LogP contribution in [0, 0.1) is 5.41 Å². The summed E-state index contributed by atoms with van der Waals surface area (Å²) in [5.74, 6) is 0. The molecule has 2 aromatic carbocycles. The van der Waals surface area contributed by atoms with Gasteiger partial charge in [0.1, 0.15) is 0 Å². The zero-order valence-corrected chi connectivity index (χ0v) is 12.1. The van der Waals surface area contributed by atoms with Crippen LogP contribution >= 0.6 is 0 Å². The molecule has 0 radical (unpaired) electrons. The van der Waals surface area contributed by atoms with Gasteiger partial charge in [0.2, 0.25) is 0 Å². The van der Waals surface area contributed by atoms with Gasteiger partial charge in [0.15, 0.2) is 0 Å². The van der Waals surface area contributed by atoms with Gasteiger partial charge in [-0.2, -0.15) is 0 Å². The van der Waals surface area contributed by atoms with Crippen LogP contribution in [-0.4, -0.2) is 0 Å². The van der Waals surface area contributed by atoms with E-state index in [2.05, 4.69) is 75.4 Å². The Morgan fingerprint density at radius 1 is 0.842 bits per heavy atom. The average molecular weight is 253 g/mol. The summed E-state index contributed by atoms with van der Waals surface area (Å²) in [6.07, 6.45) is 0.978. The lowest BCUT2D eigenvalue weighted by Crippen LogP contribution is -2.26. The third-order valence-electron chi connectivity index (χ3n) is 3.52. The first-order valence-electron chi connectivity index (χ1n) is 6.85. The standard InChI is InChI=1S/C18H23N/c1-18(2,3)17(19)16-11-9-15(10-12-16)13-14-7-5-4-6-8-14/h4-12,17H,13,19H2,1-3H3. The van der Waals surface area contributed by atoms with Crippen molar-refractivity contribution in [1.29, 1.82) is 0 Å². The zero-order valence-electron chi connectivity index (χ0n) is 12.1. The molecule has 100 valence electrons. The van der Waals surface area contributed by atoms with Crippen molar-refractivity contribution in [1.82, 2.24) is 0 Å². The van der Waals surface area contributed by atoms with Crippen molar-refractivity contribution in [3.8, 4) is 0 Å². The summed E-state index contributed by atoms with van der Waals surface area (Å²) in [6, 6.07) is 19.3. The van der Waals surface area contributed by atoms with Crippen LogP contribution in [0.3, 0.4) is 0 Å². The van der Waals surface area contributed by atoms with E-state index in [0.29, 0.717) is 0 Å². The van der Waals surface area contributed by atoms with Crippen molar-refractivity contribution in [3.05, 3.63) is 71.3 Å². The molecule has 19 heavy (non-hydrogen) atoms. The highest BCUT2D eigenvalue weighted by Gasteiger charge is 2.21. The Morgan fingerprint density at radius 3 is 1.89 bits per heavy atom. The third-order valence-corrected chi connectivity index (χ3v) is 3.52. The summed E-state index contributed by atoms with van der Waals surface area (Å²) in [6.45, 7) is 6.53. The van der Waals surface area contributed by atoms with E-state index in [0.717, 1.165) is 6.42 Å². The number of nitrogens with two attached hydrogens (primary N) is 1. The molecule has 0 aromatic heterocycles. The van der Waals surface area contributed by atoms with E-state index in [-0.39, 0.29) is 11.5 Å². The Balaban J connectivity index is 2.11. The van der Waals surface area contributed by atoms with Gasteiger partial charge >= 0.3 is 0 Å². The zero-order chi connectivity index (χ0) is 13.9. The second kappa shape index (κ2) is 5.58. The molecule has 2 aromatic rings. The monoisotopic (exact) mass is 253 g/mol. The molecule has 2 N–H and O–H groups in total. The minimum absolute atomic E-state index is 0.0817. The van der Waals surface area contributed by atoms with Crippen LogP contribution in [-0.2, 0) is 6.42 Å². The van der Waals surface area contributed by atoms with E-state index in [1.54, 1.807) is 0 Å². The molecular formula is C18H23N. The van der Waals surface area contributed by atoms with Crippen molar-refractivity contribution in [3.63, 3.8) is 0 Å². The summed E-state index contributed by atoms with van der Waals surface area (Å²) in [5.41, 5.74) is 10.3. The molecule has 1 atom stereocenters. The highest BCUT2D eigenvalue weighted by Crippen LogP contribution is 2.30. The van der Waals surface area contributed by atoms with Crippen molar-refractivity contribution in [2.45, 2.75) is 33.2 Å². The second-order valence-electron chi connectivity index (χ2n) is 6.25. The molecule has 0 aliphatic carbocycles. The quantitative estimate of drug-likeness (QED) is 0.866. The predicted molar refractivity (Wildman–Crippen MR) is 82.1 cm³/mol. The predicted octanol–water partition coefficient (Wildman–Crippen LogP) is 4.32. The minimum atomic E-state index is 0.0817. The van der Waals surface area contributed by atoms with Crippen LogP contribution < -0.4 is 5.73 Å². The van der Waals surface area contributed by atoms with E-state index >= 15 is 0 Å². The van der Waals surface area contributed by atoms with Gasteiger partial charge in [0.25, 0.3) is 0 Å². The van der Waals surface area contributed by atoms with Crippen LogP contribution in [0.2, 0.25) is 0 Å². The van der Waals surface area contributed by atoms with Crippen LogP contribution in [0.25, 0.3) is 0 Å². The van der Waals surface area contributed by atoms with Crippen LogP contribution in [0.4, 0.5) is 0 Å². The molecular weight excluding hydrogens is 230 g/mol. The minimum Gasteiger partial charge on any atom is -0.324 e. The first-order valence-corrected chi connectivity index (χ1v) is 6.85. The van der Waals surface area contributed by atoms with Crippen molar-refractivity contribution < 1.29 is 0 Å². The molecule has 0 aliphatic rings. The SMILES string of the molecule is CC(C)(C)C(N)c1ccc(Cc2ccccc2)cc1. The second-order valence-corrected chi connectivity index (χ2v) is 6.25. The van der Waals surface area contributed by atoms with Gasteiger partial charge in [-0.3, -0.25) is 0 Å². The number of hydrogen-bond acceptors (Lipinski definition) is 1. The van der Waals surface area contributed by atoms with Gasteiger partial charge in [0.05, 0.1) is 0 Å². The van der Waals surface area contributed by atoms with Gasteiger partial charge in [-0.1, -0.05) is 75.4 Å². The first-order chi connectivity index (χ1) is 8.97. The van der Waals surface area contributed by atoms with Crippen LogP contribution in [0.5, 0.6) is 0 Å². The van der Waals surface area contributed by atoms with Crippen LogP contribution in [0.1, 0.15) is 43.5 Å². The van der Waals surface area contributed by atoms with Crippen LogP contribution in [0.15, 0.2) is 54.6 Å².